The summed E-state index contributed by atoms with van der Waals surface area (Å²) in [6.07, 6.45) is -5.37. The summed E-state index contributed by atoms with van der Waals surface area (Å²) in [5, 5.41) is 16.2. The molecule has 1 unspecified atom stereocenters. The first kappa shape index (κ1) is 23.2. The second-order valence-electron chi connectivity index (χ2n) is 7.62. The highest BCUT2D eigenvalue weighted by atomic mass is 35.5. The number of halogens is 5. The van der Waals surface area contributed by atoms with Crippen molar-refractivity contribution in [2.75, 3.05) is 5.75 Å². The van der Waals surface area contributed by atoms with Crippen molar-refractivity contribution in [1.29, 1.82) is 0 Å². The quantitative estimate of drug-likeness (QED) is 0.611. The number of aryl methyl sites for hydroxylation is 1. The van der Waals surface area contributed by atoms with Crippen molar-refractivity contribution in [3.05, 3.63) is 68.7 Å². The molecule has 2 aliphatic heterocycles. The van der Waals surface area contributed by atoms with E-state index in [2.05, 4.69) is 10.5 Å². The van der Waals surface area contributed by atoms with Crippen LogP contribution in [-0.2, 0) is 10.4 Å². The number of nitrogens with one attached hydrogen (secondary N) is 1. The fourth-order valence-corrected chi connectivity index (χ4v) is 4.82. The fraction of sp³-hybridized carbons (Fsp3) is 0.333. The molecule has 5 nitrogen and oxygen atoms in total. The van der Waals surface area contributed by atoms with E-state index in [4.69, 9.17) is 28.0 Å². The monoisotopic (exact) mass is 504 g/mol. The van der Waals surface area contributed by atoms with Gasteiger partial charge in [0.25, 0.3) is 11.5 Å². The van der Waals surface area contributed by atoms with Gasteiger partial charge in [0.15, 0.2) is 0 Å². The van der Waals surface area contributed by atoms with Gasteiger partial charge in [-0.1, -0.05) is 34.4 Å². The lowest BCUT2D eigenvalue weighted by molar-refractivity contribution is -0.275. The van der Waals surface area contributed by atoms with E-state index in [1.54, 1.807) is 13.0 Å². The van der Waals surface area contributed by atoms with Crippen LogP contribution in [0.4, 0.5) is 13.2 Å². The van der Waals surface area contributed by atoms with Gasteiger partial charge in [-0.3, -0.25) is 4.79 Å². The Labute approximate surface area is 195 Å². The van der Waals surface area contributed by atoms with Crippen molar-refractivity contribution >= 4 is 46.6 Å². The van der Waals surface area contributed by atoms with Crippen LogP contribution >= 0.6 is 35.0 Å². The van der Waals surface area contributed by atoms with Crippen molar-refractivity contribution in [3.8, 4) is 0 Å². The largest absolute Gasteiger partial charge is 0.435 e. The fourth-order valence-electron chi connectivity index (χ4n) is 3.58. The lowest BCUT2D eigenvalue weighted by atomic mass is 9.86. The van der Waals surface area contributed by atoms with Gasteiger partial charge >= 0.3 is 6.18 Å². The van der Waals surface area contributed by atoms with Gasteiger partial charge in [0.2, 0.25) is 0 Å². The molecule has 1 fully saturated rings. The van der Waals surface area contributed by atoms with Gasteiger partial charge in [-0.25, -0.2) is 0 Å². The molecule has 2 N–H and O–H groups in total. The maximum atomic E-state index is 14.1. The predicted molar refractivity (Wildman–Crippen MR) is 117 cm³/mol. The van der Waals surface area contributed by atoms with E-state index in [0.29, 0.717) is 22.4 Å². The summed E-state index contributed by atoms with van der Waals surface area (Å²) in [4.78, 5) is 17.5. The number of carbonyl (C=O) groups excluding carboxylic acids is 1. The first-order chi connectivity index (χ1) is 15.0. The van der Waals surface area contributed by atoms with Crippen molar-refractivity contribution in [3.63, 3.8) is 0 Å². The highest BCUT2D eigenvalue weighted by Crippen LogP contribution is 2.49. The number of oxime groups is 1. The number of rotatable bonds is 4. The van der Waals surface area contributed by atoms with Crippen LogP contribution in [0.3, 0.4) is 0 Å². The van der Waals surface area contributed by atoms with Crippen molar-refractivity contribution < 1.29 is 27.9 Å². The lowest BCUT2D eigenvalue weighted by Gasteiger charge is -2.32. The average Bonchev–Trinajstić information content (AvgIpc) is 3.17. The third kappa shape index (κ3) is 4.19. The zero-order valence-electron chi connectivity index (χ0n) is 16.5. The third-order valence-electron chi connectivity index (χ3n) is 5.43. The zero-order valence-corrected chi connectivity index (χ0v) is 18.9. The van der Waals surface area contributed by atoms with E-state index in [1.807, 2.05) is 0 Å². The van der Waals surface area contributed by atoms with Gasteiger partial charge < -0.3 is 15.3 Å². The molecule has 4 rings (SSSR count). The Hall–Kier alpha value is -1.94. The second kappa shape index (κ2) is 8.44. The predicted octanol–water partition coefficient (Wildman–Crippen LogP) is 5.05. The maximum absolute atomic E-state index is 14.1. The molecule has 2 aliphatic rings. The minimum Gasteiger partial charge on any atom is -0.380 e. The SMILES string of the molecule is Cc1cc(C2=NOC(c3cc(Cl)cc(Cl)c3)(C(F)(F)F)C2)ccc1C(=O)N[C@H]1CS[C@@H]1O. The van der Waals surface area contributed by atoms with Gasteiger partial charge in [0.1, 0.15) is 5.44 Å². The molecule has 1 saturated heterocycles. The summed E-state index contributed by atoms with van der Waals surface area (Å²) in [5.74, 6) is 0.256. The lowest BCUT2D eigenvalue weighted by Crippen LogP contribution is -2.50. The molecule has 0 aromatic heterocycles. The number of aliphatic hydroxyl groups is 1. The molecule has 3 atom stereocenters. The minimum absolute atomic E-state index is 0.0503. The molecule has 0 radical (unpaired) electrons. The number of hydrogen-bond acceptors (Lipinski definition) is 5. The normalized spacial score (nSPS) is 25.0. The molecule has 2 aromatic carbocycles. The smallest absolute Gasteiger partial charge is 0.380 e. The van der Waals surface area contributed by atoms with E-state index >= 15 is 0 Å². The second-order valence-corrected chi connectivity index (χ2v) is 9.65. The van der Waals surface area contributed by atoms with Crippen molar-refractivity contribution in [2.45, 2.75) is 36.6 Å². The summed E-state index contributed by atoms with van der Waals surface area (Å²) >= 11 is 13.2. The van der Waals surface area contributed by atoms with Crippen LogP contribution in [0.15, 0.2) is 41.6 Å². The van der Waals surface area contributed by atoms with Crippen LogP contribution in [0.1, 0.15) is 33.5 Å². The molecule has 11 heteroatoms. The highest BCUT2D eigenvalue weighted by Gasteiger charge is 2.62. The van der Waals surface area contributed by atoms with Gasteiger partial charge in [-0.05, 0) is 48.4 Å². The Morgan fingerprint density at radius 1 is 1.25 bits per heavy atom. The van der Waals surface area contributed by atoms with Crippen LogP contribution in [0.25, 0.3) is 0 Å². The summed E-state index contributed by atoms with van der Waals surface area (Å²) in [7, 11) is 0. The molecule has 1 amide bonds. The molecule has 2 heterocycles. The van der Waals surface area contributed by atoms with Crippen molar-refractivity contribution in [1.82, 2.24) is 5.32 Å². The molecule has 2 aromatic rings. The number of carbonyl (C=O) groups is 1. The summed E-state index contributed by atoms with van der Waals surface area (Å²) in [6, 6.07) is 7.95. The molecule has 170 valence electrons. The first-order valence-corrected chi connectivity index (χ1v) is 11.3. The molecule has 0 aliphatic carbocycles. The Morgan fingerprint density at radius 2 is 1.94 bits per heavy atom. The van der Waals surface area contributed by atoms with Gasteiger partial charge in [0, 0.05) is 33.3 Å². The highest BCUT2D eigenvalue weighted by molar-refractivity contribution is 8.01. The zero-order chi connectivity index (χ0) is 23.3. The van der Waals surface area contributed by atoms with Crippen LogP contribution in [0, 0.1) is 6.92 Å². The number of amides is 1. The Bertz CT molecular complexity index is 1090. The molecule has 0 bridgehead atoms. The number of benzene rings is 2. The third-order valence-corrected chi connectivity index (χ3v) is 7.08. The summed E-state index contributed by atoms with van der Waals surface area (Å²) in [6.45, 7) is 1.68. The molecule has 32 heavy (non-hydrogen) atoms. The molecular weight excluding hydrogens is 488 g/mol. The van der Waals surface area contributed by atoms with E-state index in [0.717, 1.165) is 12.1 Å². The van der Waals surface area contributed by atoms with Gasteiger partial charge in [-0.15, -0.1) is 11.8 Å². The maximum Gasteiger partial charge on any atom is 0.435 e. The van der Waals surface area contributed by atoms with E-state index in [-0.39, 0.29) is 33.3 Å². The van der Waals surface area contributed by atoms with E-state index in [1.165, 1.54) is 30.0 Å². The van der Waals surface area contributed by atoms with Crippen LogP contribution in [0.5, 0.6) is 0 Å². The van der Waals surface area contributed by atoms with Crippen molar-refractivity contribution in [2.24, 2.45) is 5.16 Å². The van der Waals surface area contributed by atoms with Gasteiger partial charge in [-0.2, -0.15) is 13.2 Å². The van der Waals surface area contributed by atoms with Crippen LogP contribution < -0.4 is 5.32 Å². The number of aliphatic hydroxyl groups excluding tert-OH is 1. The topological polar surface area (TPSA) is 70.9 Å². The minimum atomic E-state index is -4.79. The average molecular weight is 505 g/mol. The summed E-state index contributed by atoms with van der Waals surface area (Å²) in [5.41, 5.74) is -2.21. The standard InChI is InChI=1S/C21H17Cl2F3N2O3S/c1-10-4-11(2-3-15(10)18(29)27-17-9-32-19(17)30)16-8-20(31-28-16,21(24,25)26)12-5-13(22)7-14(23)6-12/h2-7,17,19,30H,8-9H2,1H3,(H,27,29)/t17-,19-,20?/m0/s1. The summed E-state index contributed by atoms with van der Waals surface area (Å²) < 4.78 is 42.4. The van der Waals surface area contributed by atoms with E-state index < -0.39 is 23.6 Å². The Balaban J connectivity index is 1.59. The molecular formula is C21H17Cl2F3N2O3S. The first-order valence-electron chi connectivity index (χ1n) is 9.50. The number of thioether (sulfide) groups is 1. The Kier molecular flexibility index (Phi) is 6.13. The molecule has 0 saturated carbocycles. The molecule has 0 spiro atoms. The number of alkyl halides is 3. The Morgan fingerprint density at radius 3 is 2.47 bits per heavy atom. The van der Waals surface area contributed by atoms with E-state index in [9.17, 15) is 23.1 Å². The number of hydrogen-bond donors (Lipinski definition) is 2. The van der Waals surface area contributed by atoms with Crippen LogP contribution in [-0.4, -0.2) is 40.1 Å². The van der Waals surface area contributed by atoms with Crippen LogP contribution in [0.2, 0.25) is 10.0 Å². The van der Waals surface area contributed by atoms with Gasteiger partial charge in [0.05, 0.1) is 11.8 Å². The number of nitrogens with zero attached hydrogens (tertiary/aromatic N) is 1.